The summed E-state index contributed by atoms with van der Waals surface area (Å²) in [6.45, 7) is 6.69. The molecule has 2 atom stereocenters. The van der Waals surface area contributed by atoms with E-state index in [2.05, 4.69) is 17.3 Å². The van der Waals surface area contributed by atoms with Crippen LogP contribution in [-0.2, 0) is 10.5 Å². The third-order valence-corrected chi connectivity index (χ3v) is 7.80. The van der Waals surface area contributed by atoms with E-state index in [4.69, 9.17) is 37.7 Å². The summed E-state index contributed by atoms with van der Waals surface area (Å²) in [5.41, 5.74) is 1.73. The molecule has 1 unspecified atom stereocenters. The lowest BCUT2D eigenvalue weighted by Gasteiger charge is -2.38. The van der Waals surface area contributed by atoms with E-state index in [1.165, 1.54) is 0 Å². The van der Waals surface area contributed by atoms with Gasteiger partial charge in [0.05, 0.1) is 25.0 Å². The second-order valence-corrected chi connectivity index (χ2v) is 11.3. The van der Waals surface area contributed by atoms with Crippen LogP contribution >= 0.6 is 23.2 Å². The Labute approximate surface area is 245 Å². The number of benzene rings is 3. The lowest BCUT2D eigenvalue weighted by molar-refractivity contribution is -0.140. The van der Waals surface area contributed by atoms with E-state index >= 15 is 0 Å². The van der Waals surface area contributed by atoms with Crippen molar-refractivity contribution in [3.63, 3.8) is 0 Å². The van der Waals surface area contributed by atoms with Crippen molar-refractivity contribution >= 4 is 34.8 Å². The van der Waals surface area contributed by atoms with Crippen LogP contribution in [0.15, 0.2) is 71.7 Å². The molecule has 0 bridgehead atoms. The van der Waals surface area contributed by atoms with E-state index in [0.717, 1.165) is 29.9 Å². The zero-order valence-electron chi connectivity index (χ0n) is 23.2. The number of rotatable bonds is 7. The van der Waals surface area contributed by atoms with Crippen molar-refractivity contribution in [2.45, 2.75) is 31.7 Å². The summed E-state index contributed by atoms with van der Waals surface area (Å²) < 4.78 is 11.8. The van der Waals surface area contributed by atoms with Gasteiger partial charge >= 0.3 is 0 Å². The summed E-state index contributed by atoms with van der Waals surface area (Å²) in [5, 5.41) is 4.93. The predicted octanol–water partition coefficient (Wildman–Crippen LogP) is 5.55. The first kappa shape index (κ1) is 28.4. The molecule has 1 saturated heterocycles. The average Bonchev–Trinajstić information content (AvgIpc) is 3.35. The summed E-state index contributed by atoms with van der Waals surface area (Å²) >= 11 is 12.5. The minimum absolute atomic E-state index is 0.123. The molecule has 5 rings (SSSR count). The van der Waals surface area contributed by atoms with E-state index in [-0.39, 0.29) is 12.0 Å². The smallest absolute Gasteiger partial charge is 0.270 e. The van der Waals surface area contributed by atoms with Gasteiger partial charge < -0.3 is 19.3 Å². The molecular formula is C31H34Cl2N4O3. The highest BCUT2D eigenvalue weighted by molar-refractivity contribution is 6.31. The molecule has 3 aromatic carbocycles. The summed E-state index contributed by atoms with van der Waals surface area (Å²) in [4.78, 5) is 24.1. The third kappa shape index (κ3) is 5.70. The van der Waals surface area contributed by atoms with Crippen molar-refractivity contribution in [3.8, 4) is 11.5 Å². The van der Waals surface area contributed by atoms with E-state index in [0.29, 0.717) is 40.2 Å². The van der Waals surface area contributed by atoms with Crippen LogP contribution in [0.5, 0.6) is 11.5 Å². The Balaban J connectivity index is 1.72. The van der Waals surface area contributed by atoms with Gasteiger partial charge in [-0.1, -0.05) is 47.5 Å². The highest BCUT2D eigenvalue weighted by Gasteiger charge is 2.52. The number of nitrogens with one attached hydrogen (secondary N) is 1. The number of aliphatic imine (C=N–C) groups is 1. The molecule has 0 saturated carbocycles. The van der Waals surface area contributed by atoms with Crippen molar-refractivity contribution in [2.24, 2.45) is 4.99 Å². The fourth-order valence-electron chi connectivity index (χ4n) is 5.18. The maximum Gasteiger partial charge on any atom is 0.270 e. The number of methoxy groups -OCH3 is 1. The number of carbonyl (C=O) groups is 1. The van der Waals surface area contributed by atoms with Crippen LogP contribution in [0, 0.1) is 0 Å². The average molecular weight is 582 g/mol. The van der Waals surface area contributed by atoms with Crippen molar-refractivity contribution in [3.05, 3.63) is 93.5 Å². The third-order valence-electron chi connectivity index (χ3n) is 7.30. The van der Waals surface area contributed by atoms with E-state index in [1.807, 2.05) is 85.5 Å². The second kappa shape index (κ2) is 11.8. The van der Waals surface area contributed by atoms with Crippen LogP contribution in [0.3, 0.4) is 0 Å². The molecule has 2 heterocycles. The molecule has 3 aromatic rings. The molecule has 210 valence electrons. The summed E-state index contributed by atoms with van der Waals surface area (Å²) in [5.74, 6) is 1.05. The fraction of sp³-hybridized carbons (Fsp3) is 0.355. The van der Waals surface area contributed by atoms with Gasteiger partial charge in [0.2, 0.25) is 5.66 Å². The lowest BCUT2D eigenvalue weighted by Crippen LogP contribution is -2.57. The molecule has 1 amide bonds. The first-order chi connectivity index (χ1) is 19.2. The number of ether oxygens (including phenoxy) is 2. The molecule has 2 aliphatic heterocycles. The molecule has 0 spiro atoms. The largest absolute Gasteiger partial charge is 0.497 e. The zero-order chi connectivity index (χ0) is 28.4. The lowest BCUT2D eigenvalue weighted by atomic mass is 9.94. The van der Waals surface area contributed by atoms with Crippen LogP contribution in [-0.4, -0.2) is 67.9 Å². The molecule has 1 fully saturated rings. The van der Waals surface area contributed by atoms with Gasteiger partial charge in [0.15, 0.2) is 0 Å². The second-order valence-electron chi connectivity index (χ2n) is 10.5. The van der Waals surface area contributed by atoms with Gasteiger partial charge in [-0.3, -0.25) is 10.1 Å². The SMILES string of the molecule is COc1ccc(C2(C(=O)N3CCN(C)CC3)N=C(c3ccc(Cl)cc3)[C@@H](c3ccc(Cl)cc3)N2)c(OC(C)C)c1. The predicted molar refractivity (Wildman–Crippen MR) is 160 cm³/mol. The Bertz CT molecular complexity index is 1390. The number of piperazine rings is 1. The molecule has 0 aromatic heterocycles. The standard InChI is InChI=1S/C31H34Cl2N4O3/c1-20(2)40-27-19-25(39-4)13-14-26(27)31(30(38)37-17-15-36(3)16-18-37)34-28(21-5-9-23(32)10-6-21)29(35-31)22-7-11-24(33)12-8-22/h5-14,19-20,28,34H,15-18H2,1-4H3/t28-,31?/m1/s1. The van der Waals surface area contributed by atoms with Crippen LogP contribution in [0.4, 0.5) is 0 Å². The number of amides is 1. The van der Waals surface area contributed by atoms with Gasteiger partial charge in [-0.25, -0.2) is 4.99 Å². The van der Waals surface area contributed by atoms with Crippen LogP contribution in [0.2, 0.25) is 10.0 Å². The van der Waals surface area contributed by atoms with Crippen LogP contribution in [0.25, 0.3) is 0 Å². The van der Waals surface area contributed by atoms with Crippen molar-refractivity contribution in [2.75, 3.05) is 40.3 Å². The molecular weight excluding hydrogens is 547 g/mol. The van der Waals surface area contributed by atoms with E-state index < -0.39 is 11.7 Å². The summed E-state index contributed by atoms with van der Waals surface area (Å²) in [6.07, 6.45) is -0.130. The number of hydrogen-bond donors (Lipinski definition) is 1. The quantitative estimate of drug-likeness (QED) is 0.397. The van der Waals surface area contributed by atoms with Crippen LogP contribution < -0.4 is 14.8 Å². The minimum atomic E-state index is -1.44. The Kier molecular flexibility index (Phi) is 8.38. The monoisotopic (exact) mass is 580 g/mol. The Morgan fingerprint density at radius 1 is 0.975 bits per heavy atom. The number of likely N-dealkylation sites (N-methyl/N-ethyl adjacent to an activating group) is 1. The van der Waals surface area contributed by atoms with Crippen molar-refractivity contribution in [1.29, 1.82) is 0 Å². The number of halogens is 2. The summed E-state index contributed by atoms with van der Waals surface area (Å²) in [6, 6.07) is 20.3. The maximum atomic E-state index is 14.7. The molecule has 0 radical (unpaired) electrons. The number of hydrogen-bond acceptors (Lipinski definition) is 6. The van der Waals surface area contributed by atoms with Gasteiger partial charge in [-0.15, -0.1) is 0 Å². The van der Waals surface area contributed by atoms with Crippen molar-refractivity contribution < 1.29 is 14.3 Å². The fourth-order valence-corrected chi connectivity index (χ4v) is 5.44. The first-order valence-corrected chi connectivity index (χ1v) is 14.2. The highest BCUT2D eigenvalue weighted by atomic mass is 35.5. The first-order valence-electron chi connectivity index (χ1n) is 13.4. The molecule has 1 N–H and O–H groups in total. The van der Waals surface area contributed by atoms with Gasteiger partial charge in [-0.05, 0) is 68.4 Å². The van der Waals surface area contributed by atoms with Gasteiger partial charge in [0.25, 0.3) is 5.91 Å². The van der Waals surface area contributed by atoms with Crippen molar-refractivity contribution in [1.82, 2.24) is 15.1 Å². The molecule has 0 aliphatic carbocycles. The molecule has 7 nitrogen and oxygen atoms in total. The number of nitrogens with zero attached hydrogens (tertiary/aromatic N) is 3. The molecule has 2 aliphatic rings. The van der Waals surface area contributed by atoms with E-state index in [1.54, 1.807) is 7.11 Å². The normalized spacial score (nSPS) is 21.4. The maximum absolute atomic E-state index is 14.7. The Hall–Kier alpha value is -3.10. The zero-order valence-corrected chi connectivity index (χ0v) is 24.7. The Morgan fingerprint density at radius 3 is 2.20 bits per heavy atom. The topological polar surface area (TPSA) is 66.4 Å². The minimum Gasteiger partial charge on any atom is -0.497 e. The summed E-state index contributed by atoms with van der Waals surface area (Å²) in [7, 11) is 3.68. The van der Waals surface area contributed by atoms with Gasteiger partial charge in [0, 0.05) is 47.9 Å². The highest BCUT2D eigenvalue weighted by Crippen LogP contribution is 2.43. The van der Waals surface area contributed by atoms with Crippen LogP contribution in [0.1, 0.15) is 36.6 Å². The van der Waals surface area contributed by atoms with E-state index in [9.17, 15) is 4.79 Å². The van der Waals surface area contributed by atoms with Gasteiger partial charge in [-0.2, -0.15) is 0 Å². The Morgan fingerprint density at radius 2 is 1.60 bits per heavy atom. The molecule has 9 heteroatoms. The molecule has 40 heavy (non-hydrogen) atoms. The van der Waals surface area contributed by atoms with Gasteiger partial charge in [0.1, 0.15) is 11.5 Å². The number of carbonyl (C=O) groups excluding carboxylic acids is 1.